The molecule has 0 saturated carbocycles. The zero-order valence-corrected chi connectivity index (χ0v) is 8.87. The summed E-state index contributed by atoms with van der Waals surface area (Å²) in [7, 11) is 0. The number of hydrogen-bond donors (Lipinski definition) is 0. The minimum Gasteiger partial charge on any atom is -0.388 e. The molecule has 1 aliphatic heterocycles. The zero-order valence-electron chi connectivity index (χ0n) is 8.87. The van der Waals surface area contributed by atoms with E-state index in [-0.39, 0.29) is 6.10 Å². The van der Waals surface area contributed by atoms with E-state index < -0.39 is 0 Å². The average Bonchev–Trinajstić information content (AvgIpc) is 2.23. The molecule has 1 aromatic carbocycles. The molecule has 2 heteroatoms. The number of benzene rings is 1. The molecule has 0 aliphatic carbocycles. The smallest absolute Gasteiger partial charge is 0.146 e. The third-order valence-electron chi connectivity index (χ3n) is 2.67. The van der Waals surface area contributed by atoms with Gasteiger partial charge in [-0.05, 0) is 37.5 Å². The molecule has 0 aromatic heterocycles. The Kier molecular flexibility index (Phi) is 2.28. The molecule has 74 valence electrons. The van der Waals surface area contributed by atoms with Crippen LogP contribution in [-0.4, -0.2) is 6.10 Å². The fraction of sp³-hybridized carbons (Fsp3) is 0.417. The van der Waals surface area contributed by atoms with E-state index in [1.807, 2.05) is 0 Å². The predicted molar refractivity (Wildman–Crippen MR) is 56.3 cm³/mol. The fourth-order valence-corrected chi connectivity index (χ4v) is 1.68. The Morgan fingerprint density at radius 3 is 2.71 bits per heavy atom. The van der Waals surface area contributed by atoms with Crippen molar-refractivity contribution < 1.29 is 4.84 Å². The number of hydrogen-bond acceptors (Lipinski definition) is 2. The van der Waals surface area contributed by atoms with Gasteiger partial charge in [-0.15, -0.1) is 0 Å². The molecule has 0 saturated heterocycles. The third-order valence-corrected chi connectivity index (χ3v) is 2.67. The van der Waals surface area contributed by atoms with Gasteiger partial charge in [-0.25, -0.2) is 0 Å². The summed E-state index contributed by atoms with van der Waals surface area (Å²) in [5.74, 6) is 0. The van der Waals surface area contributed by atoms with Gasteiger partial charge in [-0.1, -0.05) is 24.2 Å². The molecule has 1 heterocycles. The highest BCUT2D eigenvalue weighted by atomic mass is 16.6. The molecular formula is C12H15NO. The van der Waals surface area contributed by atoms with Crippen LogP contribution in [0.4, 0.5) is 0 Å². The van der Waals surface area contributed by atoms with Gasteiger partial charge in [0, 0.05) is 5.22 Å². The van der Waals surface area contributed by atoms with E-state index >= 15 is 0 Å². The van der Waals surface area contributed by atoms with Crippen LogP contribution < -0.4 is 10.6 Å². The maximum absolute atomic E-state index is 5.36. The van der Waals surface area contributed by atoms with Gasteiger partial charge in [0.05, 0.1) is 0 Å². The monoisotopic (exact) mass is 189 g/mol. The van der Waals surface area contributed by atoms with Crippen LogP contribution in [-0.2, 0) is 4.84 Å². The predicted octanol–water partition coefficient (Wildman–Crippen LogP) is 1.43. The van der Waals surface area contributed by atoms with Gasteiger partial charge >= 0.3 is 0 Å². The Balaban J connectivity index is 2.71. The van der Waals surface area contributed by atoms with Crippen molar-refractivity contribution in [1.29, 1.82) is 0 Å². The number of nitrogens with zero attached hydrogens (tertiary/aromatic N) is 1. The summed E-state index contributed by atoms with van der Waals surface area (Å²) in [5.41, 5.74) is 2.45. The van der Waals surface area contributed by atoms with E-state index in [4.69, 9.17) is 4.84 Å². The van der Waals surface area contributed by atoms with Crippen molar-refractivity contribution >= 4 is 6.08 Å². The molecule has 0 amide bonds. The second-order valence-electron chi connectivity index (χ2n) is 3.77. The highest BCUT2D eigenvalue weighted by Crippen LogP contribution is 2.03. The highest BCUT2D eigenvalue weighted by Gasteiger charge is 2.09. The first-order valence-corrected chi connectivity index (χ1v) is 5.04. The van der Waals surface area contributed by atoms with Crippen molar-refractivity contribution in [1.82, 2.24) is 0 Å². The average molecular weight is 189 g/mol. The van der Waals surface area contributed by atoms with Gasteiger partial charge in [-0.2, -0.15) is 0 Å². The Labute approximate surface area is 83.9 Å². The summed E-state index contributed by atoms with van der Waals surface area (Å²) in [6.07, 6.45) is 3.28. The van der Waals surface area contributed by atoms with Crippen molar-refractivity contribution in [2.24, 2.45) is 5.16 Å². The lowest BCUT2D eigenvalue weighted by Crippen LogP contribution is -2.36. The lowest BCUT2D eigenvalue weighted by Gasteiger charge is -2.13. The Hall–Kier alpha value is -1.31. The van der Waals surface area contributed by atoms with Crippen molar-refractivity contribution in [3.63, 3.8) is 0 Å². The summed E-state index contributed by atoms with van der Waals surface area (Å²) < 4.78 is 0. The molecule has 1 aliphatic rings. The van der Waals surface area contributed by atoms with Gasteiger partial charge in [-0.3, -0.25) is 0 Å². The maximum Gasteiger partial charge on any atom is 0.146 e. The van der Waals surface area contributed by atoms with Crippen molar-refractivity contribution in [2.45, 2.75) is 33.3 Å². The van der Waals surface area contributed by atoms with Crippen LogP contribution in [0.5, 0.6) is 0 Å². The fourth-order valence-electron chi connectivity index (χ4n) is 1.68. The normalized spacial score (nSPS) is 18.9. The molecule has 14 heavy (non-hydrogen) atoms. The first kappa shape index (κ1) is 9.25. The molecule has 2 nitrogen and oxygen atoms in total. The van der Waals surface area contributed by atoms with Crippen LogP contribution >= 0.6 is 0 Å². The molecule has 0 N–H and O–H groups in total. The number of aryl methyl sites for hydroxylation is 2. The lowest BCUT2D eigenvalue weighted by molar-refractivity contribution is 0.0862. The Morgan fingerprint density at radius 1 is 1.29 bits per heavy atom. The van der Waals surface area contributed by atoms with Gasteiger partial charge < -0.3 is 4.84 Å². The van der Waals surface area contributed by atoms with Gasteiger partial charge in [0.2, 0.25) is 0 Å². The van der Waals surface area contributed by atoms with Crippen molar-refractivity contribution in [2.75, 3.05) is 0 Å². The van der Waals surface area contributed by atoms with Crippen LogP contribution in [0.3, 0.4) is 0 Å². The van der Waals surface area contributed by atoms with E-state index in [1.54, 1.807) is 0 Å². The van der Waals surface area contributed by atoms with Crippen LogP contribution in [0.15, 0.2) is 17.3 Å². The van der Waals surface area contributed by atoms with E-state index in [9.17, 15) is 0 Å². The zero-order chi connectivity index (χ0) is 10.1. The highest BCUT2D eigenvalue weighted by molar-refractivity contribution is 5.35. The molecule has 1 unspecified atom stereocenters. The minimum absolute atomic E-state index is 0.142. The van der Waals surface area contributed by atoms with E-state index in [2.05, 4.69) is 44.1 Å². The summed E-state index contributed by atoms with van der Waals surface area (Å²) >= 11 is 0. The van der Waals surface area contributed by atoms with Gasteiger partial charge in [0.15, 0.2) is 0 Å². The molecule has 0 fully saturated rings. The van der Waals surface area contributed by atoms with Crippen LogP contribution in [0.1, 0.15) is 24.5 Å². The molecule has 0 radical (unpaired) electrons. The molecule has 2 rings (SSSR count). The SMILES string of the molecule is CCC1C=c2c(C)ccc(C)c2=NO1. The van der Waals surface area contributed by atoms with Crippen LogP contribution in [0, 0.1) is 13.8 Å². The third kappa shape index (κ3) is 1.41. The quantitative estimate of drug-likeness (QED) is 0.655. The summed E-state index contributed by atoms with van der Waals surface area (Å²) in [6.45, 7) is 6.28. The molecular weight excluding hydrogens is 174 g/mol. The van der Waals surface area contributed by atoms with E-state index in [1.165, 1.54) is 16.3 Å². The first-order chi connectivity index (χ1) is 6.72. The molecule has 1 atom stereocenters. The van der Waals surface area contributed by atoms with Crippen LogP contribution in [0.25, 0.3) is 6.08 Å². The van der Waals surface area contributed by atoms with Crippen LogP contribution in [0.2, 0.25) is 0 Å². The maximum atomic E-state index is 5.36. The second kappa shape index (κ2) is 3.45. The van der Waals surface area contributed by atoms with E-state index in [0.717, 1.165) is 11.8 Å². The Bertz CT molecular complexity index is 462. The lowest BCUT2D eigenvalue weighted by atomic mass is 10.1. The second-order valence-corrected chi connectivity index (χ2v) is 3.77. The largest absolute Gasteiger partial charge is 0.388 e. The van der Waals surface area contributed by atoms with Gasteiger partial charge in [0.25, 0.3) is 0 Å². The first-order valence-electron chi connectivity index (χ1n) is 5.04. The number of rotatable bonds is 1. The Morgan fingerprint density at radius 2 is 2.00 bits per heavy atom. The molecule has 1 aromatic rings. The van der Waals surface area contributed by atoms with Crippen molar-refractivity contribution in [3.8, 4) is 0 Å². The number of fused-ring (bicyclic) bond motifs is 1. The molecule has 0 spiro atoms. The van der Waals surface area contributed by atoms with E-state index in [0.29, 0.717) is 0 Å². The van der Waals surface area contributed by atoms with Gasteiger partial charge in [0.1, 0.15) is 11.5 Å². The standard InChI is InChI=1S/C12H15NO/c1-4-10-7-11-8(2)5-6-9(3)12(11)13-14-10/h5-7,10H,4H2,1-3H3. The topological polar surface area (TPSA) is 21.6 Å². The summed E-state index contributed by atoms with van der Waals surface area (Å²) in [4.78, 5) is 5.36. The van der Waals surface area contributed by atoms with Crippen molar-refractivity contribution in [3.05, 3.63) is 33.8 Å². The minimum atomic E-state index is 0.142. The summed E-state index contributed by atoms with van der Waals surface area (Å²) in [5, 5.41) is 6.41. The molecule has 0 bridgehead atoms. The summed E-state index contributed by atoms with van der Waals surface area (Å²) in [6, 6.07) is 4.22.